The number of anilines is 1. The highest BCUT2D eigenvalue weighted by molar-refractivity contribution is 7.80. The van der Waals surface area contributed by atoms with E-state index >= 15 is 0 Å². The number of halogens is 1. The molecule has 0 aliphatic carbocycles. The summed E-state index contributed by atoms with van der Waals surface area (Å²) in [5.74, 6) is 0.242. The summed E-state index contributed by atoms with van der Waals surface area (Å²) in [4.78, 5) is 17.5. The first kappa shape index (κ1) is 22.1. The standard InChI is InChI=1S/C27H20ClN3O2S/c1-2-16-9-11-17(12-10-16)26-30-23-15-18(13-14-24(23)33-26)29-27(34)31-25(32)21-7-3-6-20-19(21)5-4-8-22(20)28/h3-15H,2H2,1H3,(H2,29,31,32,34). The fourth-order valence-electron chi connectivity index (χ4n) is 3.81. The van der Waals surface area contributed by atoms with Gasteiger partial charge in [0.05, 0.1) is 0 Å². The second-order valence-electron chi connectivity index (χ2n) is 7.80. The van der Waals surface area contributed by atoms with Gasteiger partial charge in [0.25, 0.3) is 5.91 Å². The highest BCUT2D eigenvalue weighted by atomic mass is 35.5. The number of thiocarbonyl (C=S) groups is 1. The van der Waals surface area contributed by atoms with Crippen molar-refractivity contribution in [1.29, 1.82) is 0 Å². The average Bonchev–Trinajstić information content (AvgIpc) is 3.27. The molecule has 0 aliphatic heterocycles. The molecule has 5 aromatic rings. The van der Waals surface area contributed by atoms with Crippen LogP contribution < -0.4 is 10.6 Å². The van der Waals surface area contributed by atoms with E-state index in [0.29, 0.717) is 33.3 Å². The number of nitrogens with zero attached hydrogens (tertiary/aromatic N) is 1. The normalized spacial score (nSPS) is 11.0. The van der Waals surface area contributed by atoms with Gasteiger partial charge in [-0.25, -0.2) is 4.98 Å². The number of oxazole rings is 1. The van der Waals surface area contributed by atoms with Crippen molar-refractivity contribution < 1.29 is 9.21 Å². The number of aromatic nitrogens is 1. The average molecular weight is 486 g/mol. The third kappa shape index (κ3) is 4.38. The molecule has 168 valence electrons. The van der Waals surface area contributed by atoms with E-state index in [2.05, 4.69) is 34.7 Å². The van der Waals surface area contributed by atoms with Crippen LogP contribution in [0.1, 0.15) is 22.8 Å². The lowest BCUT2D eigenvalue weighted by Gasteiger charge is -2.11. The van der Waals surface area contributed by atoms with Gasteiger partial charge in [0.1, 0.15) is 5.52 Å². The molecule has 34 heavy (non-hydrogen) atoms. The Hall–Kier alpha value is -3.74. The number of carbonyl (C=O) groups excluding carboxylic acids is 1. The van der Waals surface area contributed by atoms with Crippen molar-refractivity contribution in [3.63, 3.8) is 0 Å². The first-order chi connectivity index (χ1) is 16.5. The van der Waals surface area contributed by atoms with Crippen LogP contribution in [0.15, 0.2) is 83.3 Å². The third-order valence-electron chi connectivity index (χ3n) is 5.60. The Morgan fingerprint density at radius 2 is 1.76 bits per heavy atom. The van der Waals surface area contributed by atoms with Gasteiger partial charge in [0, 0.05) is 27.2 Å². The predicted octanol–water partition coefficient (Wildman–Crippen LogP) is 6.99. The topological polar surface area (TPSA) is 67.2 Å². The maximum Gasteiger partial charge on any atom is 0.258 e. The number of rotatable bonds is 4. The maximum absolute atomic E-state index is 12.9. The molecule has 7 heteroatoms. The Balaban J connectivity index is 1.32. The van der Waals surface area contributed by atoms with Crippen LogP contribution in [0.2, 0.25) is 5.02 Å². The zero-order valence-corrected chi connectivity index (χ0v) is 19.8. The van der Waals surface area contributed by atoms with E-state index in [-0.39, 0.29) is 11.0 Å². The van der Waals surface area contributed by atoms with Gasteiger partial charge in [-0.15, -0.1) is 0 Å². The van der Waals surface area contributed by atoms with Crippen molar-refractivity contribution in [2.45, 2.75) is 13.3 Å². The summed E-state index contributed by atoms with van der Waals surface area (Å²) in [5.41, 5.74) is 4.73. The van der Waals surface area contributed by atoms with Gasteiger partial charge in [-0.1, -0.05) is 54.9 Å². The van der Waals surface area contributed by atoms with Crippen LogP contribution in [-0.2, 0) is 6.42 Å². The molecule has 0 saturated heterocycles. The molecule has 0 spiro atoms. The number of aryl methyl sites for hydroxylation is 1. The van der Waals surface area contributed by atoms with E-state index in [1.54, 1.807) is 18.2 Å². The summed E-state index contributed by atoms with van der Waals surface area (Å²) in [6, 6.07) is 24.5. The molecule has 1 amide bonds. The summed E-state index contributed by atoms with van der Waals surface area (Å²) in [5, 5.41) is 8.14. The van der Waals surface area contributed by atoms with Gasteiger partial charge in [0.15, 0.2) is 10.7 Å². The first-order valence-electron chi connectivity index (χ1n) is 10.8. The summed E-state index contributed by atoms with van der Waals surface area (Å²) in [7, 11) is 0. The first-order valence-corrected chi connectivity index (χ1v) is 11.6. The maximum atomic E-state index is 12.9. The lowest BCUT2D eigenvalue weighted by Crippen LogP contribution is -2.34. The predicted molar refractivity (Wildman–Crippen MR) is 141 cm³/mol. The van der Waals surface area contributed by atoms with Gasteiger partial charge in [-0.2, -0.15) is 0 Å². The van der Waals surface area contributed by atoms with Crippen LogP contribution in [0.5, 0.6) is 0 Å². The van der Waals surface area contributed by atoms with Crippen LogP contribution >= 0.6 is 23.8 Å². The lowest BCUT2D eigenvalue weighted by atomic mass is 10.0. The fraction of sp³-hybridized carbons (Fsp3) is 0.0741. The molecule has 0 fully saturated rings. The van der Waals surface area contributed by atoms with Crippen LogP contribution in [0.3, 0.4) is 0 Å². The number of benzene rings is 4. The zero-order valence-electron chi connectivity index (χ0n) is 18.3. The molecular weight excluding hydrogens is 466 g/mol. The molecule has 1 aromatic heterocycles. The number of hydrogen-bond donors (Lipinski definition) is 2. The third-order valence-corrected chi connectivity index (χ3v) is 6.13. The van der Waals surface area contributed by atoms with E-state index in [1.165, 1.54) is 5.56 Å². The van der Waals surface area contributed by atoms with Crippen LogP contribution in [0, 0.1) is 0 Å². The quantitative estimate of drug-likeness (QED) is 0.268. The van der Waals surface area contributed by atoms with Gasteiger partial charge < -0.3 is 9.73 Å². The smallest absolute Gasteiger partial charge is 0.258 e. The molecule has 0 radical (unpaired) electrons. The molecule has 0 saturated carbocycles. The van der Waals surface area contributed by atoms with Crippen LogP contribution in [0.25, 0.3) is 33.3 Å². The van der Waals surface area contributed by atoms with Gasteiger partial charge in [-0.3, -0.25) is 10.1 Å². The largest absolute Gasteiger partial charge is 0.436 e. The van der Waals surface area contributed by atoms with Crippen LogP contribution in [0.4, 0.5) is 5.69 Å². The number of amides is 1. The summed E-state index contributed by atoms with van der Waals surface area (Å²) in [6.45, 7) is 2.12. The summed E-state index contributed by atoms with van der Waals surface area (Å²) in [6.07, 6.45) is 0.980. The van der Waals surface area contributed by atoms with E-state index in [4.69, 9.17) is 28.2 Å². The SMILES string of the molecule is CCc1ccc(-c2nc3cc(NC(=S)NC(=O)c4cccc5c(Cl)cccc45)ccc3o2)cc1. The molecule has 4 aromatic carbocycles. The molecule has 0 aliphatic rings. The molecule has 0 atom stereocenters. The van der Waals surface area contributed by atoms with Crippen molar-refractivity contribution in [3.05, 3.63) is 95.0 Å². The van der Waals surface area contributed by atoms with Crippen molar-refractivity contribution in [1.82, 2.24) is 10.3 Å². The van der Waals surface area contributed by atoms with E-state index in [1.807, 2.05) is 48.5 Å². The van der Waals surface area contributed by atoms with Crippen LogP contribution in [-0.4, -0.2) is 16.0 Å². The Morgan fingerprint density at radius 3 is 2.56 bits per heavy atom. The van der Waals surface area contributed by atoms with E-state index in [0.717, 1.165) is 22.8 Å². The van der Waals surface area contributed by atoms with Gasteiger partial charge >= 0.3 is 0 Å². The minimum Gasteiger partial charge on any atom is -0.436 e. The highest BCUT2D eigenvalue weighted by Gasteiger charge is 2.14. The molecular formula is C27H20ClN3O2S. The van der Waals surface area contributed by atoms with Crippen molar-refractivity contribution >= 4 is 62.4 Å². The molecule has 1 heterocycles. The number of fused-ring (bicyclic) bond motifs is 2. The number of carbonyl (C=O) groups is 1. The zero-order chi connectivity index (χ0) is 23.7. The Bertz CT molecular complexity index is 1540. The van der Waals surface area contributed by atoms with Gasteiger partial charge in [0.2, 0.25) is 5.89 Å². The molecule has 2 N–H and O–H groups in total. The number of nitrogens with one attached hydrogen (secondary N) is 2. The van der Waals surface area contributed by atoms with Crippen molar-refractivity contribution in [2.24, 2.45) is 0 Å². The van der Waals surface area contributed by atoms with Crippen molar-refractivity contribution in [2.75, 3.05) is 5.32 Å². The molecule has 0 unspecified atom stereocenters. The highest BCUT2D eigenvalue weighted by Crippen LogP contribution is 2.27. The van der Waals surface area contributed by atoms with Gasteiger partial charge in [-0.05, 0) is 72.1 Å². The molecule has 5 rings (SSSR count). The molecule has 0 bridgehead atoms. The monoisotopic (exact) mass is 485 g/mol. The Labute approximate surface area is 206 Å². The second kappa shape index (κ2) is 9.25. The molecule has 5 nitrogen and oxygen atoms in total. The Kier molecular flexibility index (Phi) is 6.01. The lowest BCUT2D eigenvalue weighted by molar-refractivity contribution is 0.0979. The van der Waals surface area contributed by atoms with E-state index in [9.17, 15) is 4.79 Å². The fourth-order valence-corrected chi connectivity index (χ4v) is 4.26. The second-order valence-corrected chi connectivity index (χ2v) is 8.62. The minimum absolute atomic E-state index is 0.183. The van der Waals surface area contributed by atoms with E-state index < -0.39 is 0 Å². The summed E-state index contributed by atoms with van der Waals surface area (Å²) >= 11 is 11.6. The summed E-state index contributed by atoms with van der Waals surface area (Å²) < 4.78 is 5.91. The number of hydrogen-bond acceptors (Lipinski definition) is 4. The Morgan fingerprint density at radius 1 is 1.00 bits per heavy atom. The minimum atomic E-state index is -0.314. The van der Waals surface area contributed by atoms with Crippen molar-refractivity contribution in [3.8, 4) is 11.5 Å².